The molecule has 0 aliphatic heterocycles. The van der Waals surface area contributed by atoms with Crippen molar-refractivity contribution in [3.8, 4) is 17.2 Å². The second-order valence-corrected chi connectivity index (χ2v) is 5.13. The van der Waals surface area contributed by atoms with Gasteiger partial charge in [0.05, 0.1) is 5.69 Å². The minimum atomic E-state index is -3.14. The van der Waals surface area contributed by atoms with Crippen molar-refractivity contribution in [1.82, 2.24) is 0 Å². The van der Waals surface area contributed by atoms with Crippen LogP contribution < -0.4 is 15.2 Å². The lowest BCUT2D eigenvalue weighted by atomic mass is 10.2. The van der Waals surface area contributed by atoms with Crippen molar-refractivity contribution in [2.24, 2.45) is 0 Å². The molecule has 0 amide bonds. The minimum absolute atomic E-state index is 0.0199. The molecule has 0 bridgehead atoms. The van der Waals surface area contributed by atoms with Gasteiger partial charge in [-0.05, 0) is 24.6 Å². The van der Waals surface area contributed by atoms with Crippen molar-refractivity contribution in [2.45, 2.75) is 13.5 Å². The molecule has 0 aromatic heterocycles. The van der Waals surface area contributed by atoms with Crippen molar-refractivity contribution >= 4 is 21.6 Å². The van der Waals surface area contributed by atoms with Gasteiger partial charge < -0.3 is 15.2 Å². The number of alkyl halides is 2. The molecular formula is C14H11BrF3NO2. The molecule has 0 spiro atoms. The molecule has 0 fully saturated rings. The summed E-state index contributed by atoms with van der Waals surface area (Å²) in [5, 5.41) is 0. The number of benzene rings is 2. The van der Waals surface area contributed by atoms with Gasteiger partial charge in [-0.25, -0.2) is 4.39 Å². The summed E-state index contributed by atoms with van der Waals surface area (Å²) in [6, 6.07) is 7.18. The van der Waals surface area contributed by atoms with Gasteiger partial charge in [-0.2, -0.15) is 8.78 Å². The van der Waals surface area contributed by atoms with Gasteiger partial charge in [0, 0.05) is 16.6 Å². The normalized spacial score (nSPS) is 10.8. The zero-order chi connectivity index (χ0) is 15.6. The van der Waals surface area contributed by atoms with E-state index in [4.69, 9.17) is 10.5 Å². The molecule has 0 aliphatic carbocycles. The van der Waals surface area contributed by atoms with Gasteiger partial charge in [0.25, 0.3) is 0 Å². The van der Waals surface area contributed by atoms with E-state index < -0.39 is 18.2 Å². The summed E-state index contributed by atoms with van der Waals surface area (Å²) in [6.07, 6.45) is 0. The van der Waals surface area contributed by atoms with Crippen LogP contribution in [0.1, 0.15) is 5.56 Å². The maximum Gasteiger partial charge on any atom is 0.387 e. The Morgan fingerprint density at radius 3 is 2.48 bits per heavy atom. The predicted molar refractivity (Wildman–Crippen MR) is 76.4 cm³/mol. The maximum absolute atomic E-state index is 13.5. The smallest absolute Gasteiger partial charge is 0.387 e. The topological polar surface area (TPSA) is 44.5 Å². The first-order chi connectivity index (χ1) is 9.86. The van der Waals surface area contributed by atoms with Crippen LogP contribution in [0, 0.1) is 12.7 Å². The fourth-order valence-electron chi connectivity index (χ4n) is 1.63. The van der Waals surface area contributed by atoms with Crippen LogP contribution in [-0.4, -0.2) is 6.61 Å². The lowest BCUT2D eigenvalue weighted by Crippen LogP contribution is -2.05. The maximum atomic E-state index is 13.5. The van der Waals surface area contributed by atoms with E-state index in [9.17, 15) is 13.2 Å². The number of halogens is 4. The van der Waals surface area contributed by atoms with E-state index in [0.717, 1.165) is 22.2 Å². The Labute approximate surface area is 127 Å². The van der Waals surface area contributed by atoms with Crippen LogP contribution in [0.3, 0.4) is 0 Å². The monoisotopic (exact) mass is 361 g/mol. The molecule has 2 aromatic carbocycles. The number of anilines is 1. The van der Waals surface area contributed by atoms with E-state index >= 15 is 0 Å². The average molecular weight is 362 g/mol. The molecule has 0 radical (unpaired) electrons. The van der Waals surface area contributed by atoms with Gasteiger partial charge in [-0.1, -0.05) is 22.0 Å². The highest BCUT2D eigenvalue weighted by molar-refractivity contribution is 9.10. The first-order valence-electron chi connectivity index (χ1n) is 5.84. The van der Waals surface area contributed by atoms with E-state index in [-0.39, 0.29) is 11.4 Å². The molecule has 0 heterocycles. The molecule has 0 saturated heterocycles. The van der Waals surface area contributed by atoms with Crippen LogP contribution in [0.15, 0.2) is 34.8 Å². The van der Waals surface area contributed by atoms with Gasteiger partial charge in [0.15, 0.2) is 17.3 Å². The summed E-state index contributed by atoms with van der Waals surface area (Å²) in [5.74, 6) is -1.10. The van der Waals surface area contributed by atoms with Crippen LogP contribution in [0.2, 0.25) is 0 Å². The van der Waals surface area contributed by atoms with Gasteiger partial charge in [0.2, 0.25) is 0 Å². The van der Waals surface area contributed by atoms with E-state index in [0.29, 0.717) is 5.75 Å². The number of nitrogens with two attached hydrogens (primary N) is 1. The molecule has 0 atom stereocenters. The summed E-state index contributed by atoms with van der Waals surface area (Å²) in [4.78, 5) is 0. The van der Waals surface area contributed by atoms with Crippen molar-refractivity contribution in [2.75, 3.05) is 5.73 Å². The Balaban J connectivity index is 2.37. The van der Waals surface area contributed by atoms with Crippen molar-refractivity contribution in [3.05, 3.63) is 46.2 Å². The Bertz CT molecular complexity index is 665. The summed E-state index contributed by atoms with van der Waals surface area (Å²) < 4.78 is 48.3. The molecule has 0 unspecified atom stereocenters. The highest BCUT2D eigenvalue weighted by atomic mass is 79.9. The fourth-order valence-corrected chi connectivity index (χ4v) is 1.97. The van der Waals surface area contributed by atoms with Gasteiger partial charge in [-0.15, -0.1) is 0 Å². The second kappa shape index (κ2) is 6.26. The molecule has 7 heteroatoms. The van der Waals surface area contributed by atoms with Crippen LogP contribution in [0.4, 0.5) is 18.9 Å². The number of aryl methyl sites for hydroxylation is 1. The minimum Gasteiger partial charge on any atom is -0.455 e. The summed E-state index contributed by atoms with van der Waals surface area (Å²) in [7, 11) is 0. The van der Waals surface area contributed by atoms with E-state index in [1.165, 1.54) is 0 Å². The highest BCUT2D eigenvalue weighted by Crippen LogP contribution is 2.36. The average Bonchev–Trinajstić information content (AvgIpc) is 2.39. The molecular weight excluding hydrogens is 351 g/mol. The van der Waals surface area contributed by atoms with Crippen LogP contribution in [0.25, 0.3) is 0 Å². The quantitative estimate of drug-likeness (QED) is 0.789. The van der Waals surface area contributed by atoms with E-state index in [2.05, 4.69) is 20.7 Å². The highest BCUT2D eigenvalue weighted by Gasteiger charge is 2.15. The summed E-state index contributed by atoms with van der Waals surface area (Å²) in [6.45, 7) is -1.33. The van der Waals surface area contributed by atoms with Gasteiger partial charge in [0.1, 0.15) is 5.75 Å². The van der Waals surface area contributed by atoms with E-state index in [1.807, 2.05) is 6.07 Å². The Kier molecular flexibility index (Phi) is 4.62. The lowest BCUT2D eigenvalue weighted by molar-refractivity contribution is -0.0522. The van der Waals surface area contributed by atoms with Crippen LogP contribution in [-0.2, 0) is 0 Å². The molecule has 2 aromatic rings. The first kappa shape index (κ1) is 15.5. The standard InChI is InChI=1S/C14H11BrF3NO2/c1-7-2-3-8(15)4-11(7)20-13-6-12(21-14(17)18)9(16)5-10(13)19/h2-6,14H,19H2,1H3. The van der Waals surface area contributed by atoms with Crippen molar-refractivity contribution in [1.29, 1.82) is 0 Å². The third-order valence-corrected chi connectivity index (χ3v) is 3.14. The van der Waals surface area contributed by atoms with Crippen molar-refractivity contribution in [3.63, 3.8) is 0 Å². The van der Waals surface area contributed by atoms with Crippen LogP contribution in [0.5, 0.6) is 17.2 Å². The molecule has 112 valence electrons. The SMILES string of the molecule is Cc1ccc(Br)cc1Oc1cc(OC(F)F)c(F)cc1N. The largest absolute Gasteiger partial charge is 0.455 e. The number of hydrogen-bond acceptors (Lipinski definition) is 3. The zero-order valence-corrected chi connectivity index (χ0v) is 12.5. The molecule has 2 rings (SSSR count). The third-order valence-electron chi connectivity index (χ3n) is 2.65. The first-order valence-corrected chi connectivity index (χ1v) is 6.64. The Morgan fingerprint density at radius 2 is 1.81 bits per heavy atom. The molecule has 3 nitrogen and oxygen atoms in total. The molecule has 21 heavy (non-hydrogen) atoms. The summed E-state index contributed by atoms with van der Waals surface area (Å²) >= 11 is 3.29. The second-order valence-electron chi connectivity index (χ2n) is 4.21. The van der Waals surface area contributed by atoms with E-state index in [1.54, 1.807) is 19.1 Å². The molecule has 2 N–H and O–H groups in total. The molecule has 0 aliphatic rings. The number of nitrogen functional groups attached to an aromatic ring is 1. The number of hydrogen-bond donors (Lipinski definition) is 1. The van der Waals surface area contributed by atoms with Crippen molar-refractivity contribution < 1.29 is 22.6 Å². The Hall–Kier alpha value is -1.89. The Morgan fingerprint density at radius 1 is 1.10 bits per heavy atom. The van der Waals surface area contributed by atoms with Gasteiger partial charge >= 0.3 is 6.61 Å². The predicted octanol–water partition coefficient (Wildman–Crippen LogP) is 4.87. The zero-order valence-electron chi connectivity index (χ0n) is 10.9. The number of rotatable bonds is 4. The fraction of sp³-hybridized carbons (Fsp3) is 0.143. The molecule has 0 saturated carbocycles. The summed E-state index contributed by atoms with van der Waals surface area (Å²) in [5.41, 5.74) is 6.42. The van der Waals surface area contributed by atoms with Crippen LogP contribution >= 0.6 is 15.9 Å². The number of ether oxygens (including phenoxy) is 2. The van der Waals surface area contributed by atoms with Gasteiger partial charge in [-0.3, -0.25) is 0 Å². The lowest BCUT2D eigenvalue weighted by Gasteiger charge is -2.13. The third kappa shape index (κ3) is 3.81.